The van der Waals surface area contributed by atoms with Gasteiger partial charge in [-0.2, -0.15) is 0 Å². The lowest BCUT2D eigenvalue weighted by Crippen LogP contribution is -2.21. The van der Waals surface area contributed by atoms with Crippen LogP contribution in [0.1, 0.15) is 24.6 Å². The van der Waals surface area contributed by atoms with Gasteiger partial charge in [-0.05, 0) is 37.5 Å². The van der Waals surface area contributed by atoms with Crippen molar-refractivity contribution in [3.05, 3.63) is 29.5 Å². The summed E-state index contributed by atoms with van der Waals surface area (Å²) < 4.78 is 0. The summed E-state index contributed by atoms with van der Waals surface area (Å²) in [5, 5.41) is 10.6. The van der Waals surface area contributed by atoms with Gasteiger partial charge in [-0.1, -0.05) is 6.92 Å². The van der Waals surface area contributed by atoms with E-state index in [2.05, 4.69) is 18.8 Å². The molecule has 1 aromatic carbocycles. The maximum Gasteiger partial charge on any atom is 0.117 e. The molecule has 0 spiro atoms. The minimum Gasteiger partial charge on any atom is -0.508 e. The second kappa shape index (κ2) is 4.18. The van der Waals surface area contributed by atoms with Crippen LogP contribution in [0.3, 0.4) is 0 Å². The van der Waals surface area contributed by atoms with Crippen LogP contribution < -0.4 is 5.73 Å². The summed E-state index contributed by atoms with van der Waals surface area (Å²) in [5.41, 5.74) is 9.38. The van der Waals surface area contributed by atoms with Crippen LogP contribution in [0.25, 0.3) is 10.9 Å². The zero-order valence-corrected chi connectivity index (χ0v) is 9.75. The molecular weight excluding hydrogens is 200 g/mol. The number of rotatable bonds is 3. The van der Waals surface area contributed by atoms with Gasteiger partial charge in [-0.15, -0.1) is 0 Å². The van der Waals surface area contributed by atoms with Crippen molar-refractivity contribution in [1.29, 1.82) is 0 Å². The van der Waals surface area contributed by atoms with Crippen molar-refractivity contribution in [3.63, 3.8) is 0 Å². The molecule has 3 nitrogen and oxygen atoms in total. The van der Waals surface area contributed by atoms with Gasteiger partial charge in [0.15, 0.2) is 0 Å². The number of aromatic nitrogens is 1. The normalized spacial score (nSPS) is 13.2. The highest BCUT2D eigenvalue weighted by Crippen LogP contribution is 2.26. The summed E-state index contributed by atoms with van der Waals surface area (Å²) in [7, 11) is 0. The number of aromatic amines is 1. The molecule has 1 aromatic heterocycles. The number of aromatic hydroxyl groups is 1. The van der Waals surface area contributed by atoms with Gasteiger partial charge in [0.25, 0.3) is 0 Å². The first-order valence-corrected chi connectivity index (χ1v) is 5.67. The van der Waals surface area contributed by atoms with Crippen LogP contribution in [0.2, 0.25) is 0 Å². The van der Waals surface area contributed by atoms with Gasteiger partial charge in [-0.25, -0.2) is 0 Å². The molecule has 0 aliphatic carbocycles. The highest BCUT2D eigenvalue weighted by Gasteiger charge is 2.11. The molecule has 0 saturated heterocycles. The topological polar surface area (TPSA) is 62.0 Å². The number of fused-ring (bicyclic) bond motifs is 1. The standard InChI is InChI=1S/C13H18N2O/c1-3-9(14)6-12-8(2)15-13-7-10(16)4-5-11(12)13/h4-5,7,9,15-16H,3,6,14H2,1-2H3. The molecule has 0 aliphatic rings. The highest BCUT2D eigenvalue weighted by atomic mass is 16.3. The van der Waals surface area contributed by atoms with Gasteiger partial charge in [-0.3, -0.25) is 0 Å². The van der Waals surface area contributed by atoms with Crippen molar-refractivity contribution in [2.24, 2.45) is 5.73 Å². The maximum atomic E-state index is 9.41. The molecule has 0 bridgehead atoms. The van der Waals surface area contributed by atoms with Gasteiger partial charge < -0.3 is 15.8 Å². The van der Waals surface area contributed by atoms with Crippen LogP contribution in [0.4, 0.5) is 0 Å². The second-order valence-electron chi connectivity index (χ2n) is 4.33. The van der Waals surface area contributed by atoms with E-state index in [1.165, 1.54) is 10.9 Å². The lowest BCUT2D eigenvalue weighted by Gasteiger charge is -2.08. The van der Waals surface area contributed by atoms with E-state index < -0.39 is 0 Å². The van der Waals surface area contributed by atoms with Crippen molar-refractivity contribution < 1.29 is 5.11 Å². The SMILES string of the molecule is CCC(N)Cc1c(C)[nH]c2cc(O)ccc12. The van der Waals surface area contributed by atoms with E-state index in [-0.39, 0.29) is 6.04 Å². The Morgan fingerprint density at radius 3 is 2.88 bits per heavy atom. The number of phenols is 1. The van der Waals surface area contributed by atoms with Crippen molar-refractivity contribution in [1.82, 2.24) is 4.98 Å². The number of nitrogens with one attached hydrogen (secondary N) is 1. The third-order valence-corrected chi connectivity index (χ3v) is 3.09. The first-order valence-electron chi connectivity index (χ1n) is 5.67. The van der Waals surface area contributed by atoms with E-state index in [1.807, 2.05) is 6.07 Å². The van der Waals surface area contributed by atoms with Crippen LogP contribution in [0.5, 0.6) is 5.75 Å². The Bertz CT molecular complexity index is 502. The summed E-state index contributed by atoms with van der Waals surface area (Å²) in [6.45, 7) is 4.15. The number of hydrogen-bond donors (Lipinski definition) is 3. The monoisotopic (exact) mass is 218 g/mol. The number of hydrogen-bond acceptors (Lipinski definition) is 2. The highest BCUT2D eigenvalue weighted by molar-refractivity contribution is 5.85. The summed E-state index contributed by atoms with van der Waals surface area (Å²) in [4.78, 5) is 3.28. The zero-order chi connectivity index (χ0) is 11.7. The minimum atomic E-state index is 0.200. The Balaban J connectivity index is 2.47. The first-order chi connectivity index (χ1) is 7.61. The molecule has 2 aromatic rings. The Morgan fingerprint density at radius 1 is 1.44 bits per heavy atom. The average Bonchev–Trinajstić information content (AvgIpc) is 2.54. The van der Waals surface area contributed by atoms with Crippen LogP contribution >= 0.6 is 0 Å². The Hall–Kier alpha value is -1.48. The van der Waals surface area contributed by atoms with Crippen LogP contribution in [0, 0.1) is 6.92 Å². The molecule has 0 fully saturated rings. The molecule has 1 heterocycles. The molecule has 4 N–H and O–H groups in total. The van der Waals surface area contributed by atoms with Crippen molar-refractivity contribution in [2.45, 2.75) is 32.7 Å². The fourth-order valence-electron chi connectivity index (χ4n) is 2.05. The number of H-pyrrole nitrogens is 1. The molecule has 0 amide bonds. The lowest BCUT2D eigenvalue weighted by molar-refractivity contribution is 0.476. The number of nitrogens with two attached hydrogens (primary N) is 1. The number of phenolic OH excluding ortho intramolecular Hbond substituents is 1. The Kier molecular flexibility index (Phi) is 2.88. The smallest absolute Gasteiger partial charge is 0.117 e. The summed E-state index contributed by atoms with van der Waals surface area (Å²) in [5.74, 6) is 0.292. The van der Waals surface area contributed by atoms with Crippen molar-refractivity contribution in [2.75, 3.05) is 0 Å². The first kappa shape index (κ1) is 11.0. The molecular formula is C13H18N2O. The van der Waals surface area contributed by atoms with Gasteiger partial charge in [0.2, 0.25) is 0 Å². The maximum absolute atomic E-state index is 9.41. The molecule has 0 radical (unpaired) electrons. The van der Waals surface area contributed by atoms with E-state index in [0.29, 0.717) is 5.75 Å². The molecule has 0 aliphatic heterocycles. The third-order valence-electron chi connectivity index (χ3n) is 3.09. The average molecular weight is 218 g/mol. The second-order valence-corrected chi connectivity index (χ2v) is 4.33. The fraction of sp³-hybridized carbons (Fsp3) is 0.385. The molecule has 3 heteroatoms. The van der Waals surface area contributed by atoms with Gasteiger partial charge in [0, 0.05) is 28.7 Å². The largest absolute Gasteiger partial charge is 0.508 e. The molecule has 16 heavy (non-hydrogen) atoms. The Labute approximate surface area is 95.3 Å². The van der Waals surface area contributed by atoms with Crippen LogP contribution in [0.15, 0.2) is 18.2 Å². The molecule has 1 atom stereocenters. The van der Waals surface area contributed by atoms with Crippen molar-refractivity contribution >= 4 is 10.9 Å². The predicted molar refractivity (Wildman–Crippen MR) is 66.7 cm³/mol. The molecule has 1 unspecified atom stereocenters. The van der Waals surface area contributed by atoms with Crippen molar-refractivity contribution in [3.8, 4) is 5.75 Å². The quantitative estimate of drug-likeness (QED) is 0.741. The van der Waals surface area contributed by atoms with E-state index >= 15 is 0 Å². The lowest BCUT2D eigenvalue weighted by atomic mass is 10.0. The predicted octanol–water partition coefficient (Wildman–Crippen LogP) is 2.46. The van der Waals surface area contributed by atoms with Crippen LogP contribution in [-0.4, -0.2) is 16.1 Å². The van der Waals surface area contributed by atoms with E-state index in [1.54, 1.807) is 12.1 Å². The minimum absolute atomic E-state index is 0.200. The van der Waals surface area contributed by atoms with E-state index in [4.69, 9.17) is 5.73 Å². The summed E-state index contributed by atoms with van der Waals surface area (Å²) in [6.07, 6.45) is 1.86. The molecule has 2 rings (SSSR count). The fourth-order valence-corrected chi connectivity index (χ4v) is 2.05. The molecule has 0 saturated carbocycles. The van der Waals surface area contributed by atoms with Gasteiger partial charge in [0.05, 0.1) is 0 Å². The molecule has 86 valence electrons. The van der Waals surface area contributed by atoms with E-state index in [9.17, 15) is 5.11 Å². The van der Waals surface area contributed by atoms with E-state index in [0.717, 1.165) is 24.1 Å². The Morgan fingerprint density at radius 2 is 2.19 bits per heavy atom. The summed E-state index contributed by atoms with van der Waals surface area (Å²) in [6, 6.07) is 5.62. The summed E-state index contributed by atoms with van der Waals surface area (Å²) >= 11 is 0. The number of aryl methyl sites for hydroxylation is 1. The van der Waals surface area contributed by atoms with Gasteiger partial charge in [0.1, 0.15) is 5.75 Å². The zero-order valence-electron chi connectivity index (χ0n) is 9.75. The van der Waals surface area contributed by atoms with Gasteiger partial charge >= 0.3 is 0 Å². The van der Waals surface area contributed by atoms with Crippen LogP contribution in [-0.2, 0) is 6.42 Å². The number of benzene rings is 1. The third kappa shape index (κ3) is 1.91.